The number of aromatic nitrogens is 2. The highest BCUT2D eigenvalue weighted by atomic mass is 15.3. The number of nitrogens with zero attached hydrogens (tertiary/aromatic N) is 4. The zero-order chi connectivity index (χ0) is 16.2. The SMILES string of the molecule is Cc1ccn(-c2ccccc2CN=C(N)N2CCCC(C)C2)n1. The van der Waals surface area contributed by atoms with Crippen LogP contribution in [0.1, 0.15) is 31.0 Å². The molecule has 1 atom stereocenters. The highest BCUT2D eigenvalue weighted by Gasteiger charge is 2.17. The van der Waals surface area contributed by atoms with Gasteiger partial charge in [-0.1, -0.05) is 25.1 Å². The van der Waals surface area contributed by atoms with Gasteiger partial charge in [0.1, 0.15) is 0 Å². The first-order valence-corrected chi connectivity index (χ1v) is 8.29. The van der Waals surface area contributed by atoms with Crippen molar-refractivity contribution in [2.24, 2.45) is 16.6 Å². The average molecular weight is 311 g/mol. The largest absolute Gasteiger partial charge is 0.370 e. The molecule has 0 saturated carbocycles. The predicted octanol–water partition coefficient (Wildman–Crippen LogP) is 2.73. The minimum atomic E-state index is 0.575. The van der Waals surface area contributed by atoms with E-state index in [2.05, 4.69) is 34.0 Å². The van der Waals surface area contributed by atoms with Gasteiger partial charge in [0.2, 0.25) is 0 Å². The van der Waals surface area contributed by atoms with Crippen molar-refractivity contribution in [3.63, 3.8) is 0 Å². The van der Waals surface area contributed by atoms with E-state index in [1.54, 1.807) is 0 Å². The van der Waals surface area contributed by atoms with E-state index in [0.717, 1.165) is 30.0 Å². The second-order valence-electron chi connectivity index (χ2n) is 6.40. The van der Waals surface area contributed by atoms with Gasteiger partial charge in [0.05, 0.1) is 17.9 Å². The summed E-state index contributed by atoms with van der Waals surface area (Å²) in [5, 5.41) is 4.50. The van der Waals surface area contributed by atoms with Crippen LogP contribution in [0, 0.1) is 12.8 Å². The van der Waals surface area contributed by atoms with Gasteiger partial charge in [0.25, 0.3) is 0 Å². The molecule has 0 aliphatic carbocycles. The van der Waals surface area contributed by atoms with Gasteiger partial charge in [-0.15, -0.1) is 0 Å². The molecule has 5 nitrogen and oxygen atoms in total. The van der Waals surface area contributed by atoms with Gasteiger partial charge in [0.15, 0.2) is 5.96 Å². The van der Waals surface area contributed by atoms with E-state index in [9.17, 15) is 0 Å². The van der Waals surface area contributed by atoms with Crippen molar-refractivity contribution in [1.29, 1.82) is 0 Å². The first-order chi connectivity index (χ1) is 11.1. The second-order valence-corrected chi connectivity index (χ2v) is 6.40. The molecule has 2 N–H and O–H groups in total. The Kier molecular flexibility index (Phi) is 4.65. The number of aryl methyl sites for hydroxylation is 1. The van der Waals surface area contributed by atoms with E-state index in [1.807, 2.05) is 36.0 Å². The van der Waals surface area contributed by atoms with Crippen LogP contribution in [-0.2, 0) is 6.54 Å². The third-order valence-corrected chi connectivity index (χ3v) is 4.35. The molecule has 1 aliphatic rings. The van der Waals surface area contributed by atoms with Crippen LogP contribution >= 0.6 is 0 Å². The molecule has 5 heteroatoms. The number of para-hydroxylation sites is 1. The number of hydrogen-bond donors (Lipinski definition) is 1. The maximum Gasteiger partial charge on any atom is 0.191 e. The Bertz CT molecular complexity index is 688. The van der Waals surface area contributed by atoms with Crippen molar-refractivity contribution in [1.82, 2.24) is 14.7 Å². The molecule has 2 heterocycles. The minimum absolute atomic E-state index is 0.575. The summed E-state index contributed by atoms with van der Waals surface area (Å²) in [5.41, 5.74) is 9.40. The number of nitrogens with two attached hydrogens (primary N) is 1. The van der Waals surface area contributed by atoms with E-state index >= 15 is 0 Å². The topological polar surface area (TPSA) is 59.4 Å². The molecular formula is C18H25N5. The monoisotopic (exact) mass is 311 g/mol. The molecule has 0 spiro atoms. The van der Waals surface area contributed by atoms with Crippen LogP contribution in [0.3, 0.4) is 0 Å². The first kappa shape index (κ1) is 15.6. The number of aliphatic imine (C=N–C) groups is 1. The Hall–Kier alpha value is -2.30. The maximum atomic E-state index is 6.20. The summed E-state index contributed by atoms with van der Waals surface area (Å²) in [7, 11) is 0. The lowest BCUT2D eigenvalue weighted by molar-refractivity contribution is 0.270. The van der Waals surface area contributed by atoms with E-state index in [1.165, 1.54) is 12.8 Å². The summed E-state index contributed by atoms with van der Waals surface area (Å²) in [6.45, 7) is 6.86. The third-order valence-electron chi connectivity index (χ3n) is 4.35. The Balaban J connectivity index is 1.76. The summed E-state index contributed by atoms with van der Waals surface area (Å²) in [5.74, 6) is 1.35. The molecule has 1 aliphatic heterocycles. The molecule has 1 fully saturated rings. The smallest absolute Gasteiger partial charge is 0.191 e. The molecule has 23 heavy (non-hydrogen) atoms. The molecule has 2 aromatic rings. The zero-order valence-corrected chi connectivity index (χ0v) is 13.9. The fourth-order valence-electron chi connectivity index (χ4n) is 3.08. The molecule has 1 unspecified atom stereocenters. The number of rotatable bonds is 3. The maximum absolute atomic E-state index is 6.20. The fourth-order valence-corrected chi connectivity index (χ4v) is 3.08. The van der Waals surface area contributed by atoms with E-state index < -0.39 is 0 Å². The van der Waals surface area contributed by atoms with Crippen molar-refractivity contribution in [2.45, 2.75) is 33.2 Å². The van der Waals surface area contributed by atoms with Gasteiger partial charge in [-0.05, 0) is 43.4 Å². The summed E-state index contributed by atoms with van der Waals surface area (Å²) >= 11 is 0. The van der Waals surface area contributed by atoms with E-state index in [4.69, 9.17) is 5.73 Å². The minimum Gasteiger partial charge on any atom is -0.370 e. The molecule has 0 bridgehead atoms. The molecule has 0 amide bonds. The Morgan fingerprint density at radius 2 is 2.17 bits per heavy atom. The highest BCUT2D eigenvalue weighted by Crippen LogP contribution is 2.17. The summed E-state index contributed by atoms with van der Waals surface area (Å²) in [4.78, 5) is 6.83. The van der Waals surface area contributed by atoms with Crippen molar-refractivity contribution < 1.29 is 0 Å². The standard InChI is InChI=1S/C18H25N5/c1-14-6-5-10-22(13-14)18(19)20-12-16-7-3-4-8-17(16)23-11-9-15(2)21-23/h3-4,7-9,11,14H,5-6,10,12-13H2,1-2H3,(H2,19,20). The van der Waals surface area contributed by atoms with Gasteiger partial charge >= 0.3 is 0 Å². The molecular weight excluding hydrogens is 286 g/mol. The predicted molar refractivity (Wildman–Crippen MR) is 93.6 cm³/mol. The number of likely N-dealkylation sites (tertiary alicyclic amines) is 1. The average Bonchev–Trinajstić information content (AvgIpc) is 2.99. The lowest BCUT2D eigenvalue weighted by Gasteiger charge is -2.31. The van der Waals surface area contributed by atoms with Gasteiger partial charge in [-0.25, -0.2) is 9.67 Å². The van der Waals surface area contributed by atoms with Gasteiger partial charge in [0, 0.05) is 19.3 Å². The quantitative estimate of drug-likeness (QED) is 0.700. The molecule has 1 saturated heterocycles. The number of hydrogen-bond acceptors (Lipinski definition) is 2. The van der Waals surface area contributed by atoms with Crippen molar-refractivity contribution in [3.8, 4) is 5.69 Å². The normalized spacial score (nSPS) is 19.1. The summed E-state index contributed by atoms with van der Waals surface area (Å²) < 4.78 is 1.90. The van der Waals surface area contributed by atoms with Crippen molar-refractivity contribution in [3.05, 3.63) is 47.8 Å². The number of piperidine rings is 1. The van der Waals surface area contributed by atoms with Crippen LogP contribution in [0.4, 0.5) is 0 Å². The Morgan fingerprint density at radius 3 is 2.91 bits per heavy atom. The lowest BCUT2D eigenvalue weighted by Crippen LogP contribution is -2.43. The van der Waals surface area contributed by atoms with Crippen LogP contribution < -0.4 is 5.73 Å². The number of guanidine groups is 1. The third kappa shape index (κ3) is 3.73. The van der Waals surface area contributed by atoms with Crippen LogP contribution in [0.2, 0.25) is 0 Å². The Morgan fingerprint density at radius 1 is 1.35 bits per heavy atom. The Labute approximate surface area is 137 Å². The van der Waals surface area contributed by atoms with Crippen molar-refractivity contribution in [2.75, 3.05) is 13.1 Å². The number of benzene rings is 1. The van der Waals surface area contributed by atoms with Gasteiger partial charge in [-0.3, -0.25) is 0 Å². The first-order valence-electron chi connectivity index (χ1n) is 8.29. The van der Waals surface area contributed by atoms with Crippen LogP contribution in [-0.4, -0.2) is 33.7 Å². The van der Waals surface area contributed by atoms with Crippen molar-refractivity contribution >= 4 is 5.96 Å². The second kappa shape index (κ2) is 6.86. The van der Waals surface area contributed by atoms with E-state index in [0.29, 0.717) is 18.4 Å². The van der Waals surface area contributed by atoms with Gasteiger partial charge in [-0.2, -0.15) is 5.10 Å². The zero-order valence-electron chi connectivity index (χ0n) is 13.9. The molecule has 0 radical (unpaired) electrons. The molecule has 122 valence electrons. The lowest BCUT2D eigenvalue weighted by atomic mass is 10.0. The highest BCUT2D eigenvalue weighted by molar-refractivity contribution is 5.78. The van der Waals surface area contributed by atoms with Crippen LogP contribution in [0.5, 0.6) is 0 Å². The van der Waals surface area contributed by atoms with Crippen LogP contribution in [0.15, 0.2) is 41.5 Å². The molecule has 3 rings (SSSR count). The fraction of sp³-hybridized carbons (Fsp3) is 0.444. The summed E-state index contributed by atoms with van der Waals surface area (Å²) in [6, 6.07) is 10.2. The molecule has 1 aromatic carbocycles. The summed E-state index contributed by atoms with van der Waals surface area (Å²) in [6.07, 6.45) is 4.46. The van der Waals surface area contributed by atoms with Crippen LogP contribution in [0.25, 0.3) is 5.69 Å². The molecule has 1 aromatic heterocycles. The van der Waals surface area contributed by atoms with E-state index in [-0.39, 0.29) is 0 Å². The van der Waals surface area contributed by atoms with Gasteiger partial charge < -0.3 is 10.6 Å².